The summed E-state index contributed by atoms with van der Waals surface area (Å²) in [5, 5.41) is 4.49. The van der Waals surface area contributed by atoms with E-state index in [1.54, 1.807) is 26.2 Å². The number of carbonyl (C=O) groups is 1. The van der Waals surface area contributed by atoms with Gasteiger partial charge in [-0.25, -0.2) is 4.68 Å². The third-order valence-corrected chi connectivity index (χ3v) is 3.56. The average molecular weight is 272 g/mol. The van der Waals surface area contributed by atoms with Gasteiger partial charge in [-0.15, -0.1) is 0 Å². The van der Waals surface area contributed by atoms with E-state index in [1.165, 1.54) is 4.90 Å². The first-order valence-electron chi connectivity index (χ1n) is 6.47. The number of carbonyl (C=O) groups excluding carboxylic acids is 1. The minimum Gasteiger partial charge on any atom is -0.397 e. The number of nitrogens with zero attached hydrogens (tertiary/aromatic N) is 3. The van der Waals surface area contributed by atoms with Crippen molar-refractivity contribution in [2.75, 3.05) is 19.8 Å². The molecular formula is C15H20N4O. The molecule has 0 aliphatic rings. The van der Waals surface area contributed by atoms with E-state index in [-0.39, 0.29) is 5.91 Å². The lowest BCUT2D eigenvalue weighted by Gasteiger charge is -2.13. The monoisotopic (exact) mass is 272 g/mol. The summed E-state index contributed by atoms with van der Waals surface area (Å²) in [7, 11) is 3.44. The number of nitrogen functional groups attached to an aromatic ring is 1. The van der Waals surface area contributed by atoms with Crippen LogP contribution < -0.4 is 5.73 Å². The van der Waals surface area contributed by atoms with Gasteiger partial charge in [0.2, 0.25) is 0 Å². The Morgan fingerprint density at radius 1 is 1.25 bits per heavy atom. The maximum atomic E-state index is 11.9. The Hall–Kier alpha value is -2.30. The van der Waals surface area contributed by atoms with Crippen LogP contribution in [0.15, 0.2) is 18.2 Å². The Bertz CT molecular complexity index is 671. The quantitative estimate of drug-likeness (QED) is 0.851. The highest BCUT2D eigenvalue weighted by Crippen LogP contribution is 2.23. The van der Waals surface area contributed by atoms with Gasteiger partial charge in [0.1, 0.15) is 0 Å². The molecule has 0 saturated heterocycles. The van der Waals surface area contributed by atoms with Crippen molar-refractivity contribution in [2.24, 2.45) is 0 Å². The summed E-state index contributed by atoms with van der Waals surface area (Å²) >= 11 is 0. The lowest BCUT2D eigenvalue weighted by Crippen LogP contribution is -2.21. The first kappa shape index (κ1) is 14.1. The molecule has 1 aromatic heterocycles. The fourth-order valence-corrected chi connectivity index (χ4v) is 2.09. The lowest BCUT2D eigenvalue weighted by molar-refractivity contribution is 0.0827. The van der Waals surface area contributed by atoms with Gasteiger partial charge < -0.3 is 10.6 Å². The lowest BCUT2D eigenvalue weighted by atomic mass is 10.1. The minimum atomic E-state index is -0.0622. The van der Waals surface area contributed by atoms with Crippen LogP contribution >= 0.6 is 0 Å². The predicted octanol–water partition coefficient (Wildman–Crippen LogP) is 2.08. The number of nitrogens with two attached hydrogens (primary N) is 1. The largest absolute Gasteiger partial charge is 0.397 e. The summed E-state index contributed by atoms with van der Waals surface area (Å²) in [5.41, 5.74) is 11.2. The Morgan fingerprint density at radius 2 is 1.90 bits per heavy atom. The smallest absolute Gasteiger partial charge is 0.253 e. The standard InChI is InChI=1S/C15H20N4O/c1-9-10(2)17-19(11(9)3)14-7-6-12(8-13(14)16)15(20)18(4)5/h6-8H,16H2,1-5H3. The van der Waals surface area contributed by atoms with Crippen molar-refractivity contribution in [3.05, 3.63) is 40.7 Å². The maximum absolute atomic E-state index is 11.9. The molecule has 1 heterocycles. The van der Waals surface area contributed by atoms with Crippen LogP contribution in [-0.4, -0.2) is 34.7 Å². The molecule has 2 aromatic rings. The molecule has 0 spiro atoms. The van der Waals surface area contributed by atoms with Crippen LogP contribution in [0.1, 0.15) is 27.3 Å². The highest BCUT2D eigenvalue weighted by atomic mass is 16.2. The van der Waals surface area contributed by atoms with Crippen molar-refractivity contribution < 1.29 is 4.79 Å². The summed E-state index contributed by atoms with van der Waals surface area (Å²) in [6.07, 6.45) is 0. The van der Waals surface area contributed by atoms with Crippen LogP contribution in [0, 0.1) is 20.8 Å². The van der Waals surface area contributed by atoms with Gasteiger partial charge in [-0.1, -0.05) is 0 Å². The van der Waals surface area contributed by atoms with Crippen molar-refractivity contribution in [1.82, 2.24) is 14.7 Å². The third-order valence-electron chi connectivity index (χ3n) is 3.56. The molecule has 5 nitrogen and oxygen atoms in total. The summed E-state index contributed by atoms with van der Waals surface area (Å²) in [6, 6.07) is 5.31. The summed E-state index contributed by atoms with van der Waals surface area (Å²) in [6.45, 7) is 6.01. The van der Waals surface area contributed by atoms with Crippen molar-refractivity contribution >= 4 is 11.6 Å². The Kier molecular flexibility index (Phi) is 3.53. The second-order valence-electron chi connectivity index (χ2n) is 5.18. The van der Waals surface area contributed by atoms with Crippen LogP contribution in [-0.2, 0) is 0 Å². The van der Waals surface area contributed by atoms with Crippen LogP contribution in [0.2, 0.25) is 0 Å². The molecule has 1 aromatic carbocycles. The fraction of sp³-hybridized carbons (Fsp3) is 0.333. The summed E-state index contributed by atoms with van der Waals surface area (Å²) in [4.78, 5) is 13.4. The van der Waals surface area contributed by atoms with Crippen molar-refractivity contribution in [3.8, 4) is 5.69 Å². The van der Waals surface area contributed by atoms with Gasteiger partial charge in [0.25, 0.3) is 5.91 Å². The van der Waals surface area contributed by atoms with Crippen LogP contribution in [0.25, 0.3) is 5.69 Å². The second-order valence-corrected chi connectivity index (χ2v) is 5.18. The number of amides is 1. The van der Waals surface area contributed by atoms with E-state index in [0.29, 0.717) is 11.3 Å². The topological polar surface area (TPSA) is 64.2 Å². The highest BCUT2D eigenvalue weighted by Gasteiger charge is 2.14. The van der Waals surface area contributed by atoms with Gasteiger partial charge in [-0.2, -0.15) is 5.10 Å². The van der Waals surface area contributed by atoms with Gasteiger partial charge in [0.05, 0.1) is 17.1 Å². The van der Waals surface area contributed by atoms with E-state index in [1.807, 2.05) is 31.5 Å². The first-order valence-corrected chi connectivity index (χ1v) is 6.47. The molecule has 1 amide bonds. The van der Waals surface area contributed by atoms with Crippen molar-refractivity contribution in [1.29, 1.82) is 0 Å². The van der Waals surface area contributed by atoms with E-state index in [0.717, 1.165) is 22.6 Å². The zero-order valence-corrected chi connectivity index (χ0v) is 12.6. The molecule has 20 heavy (non-hydrogen) atoms. The summed E-state index contributed by atoms with van der Waals surface area (Å²) < 4.78 is 1.82. The van der Waals surface area contributed by atoms with Gasteiger partial charge in [0, 0.05) is 25.4 Å². The van der Waals surface area contributed by atoms with E-state index in [2.05, 4.69) is 5.10 Å². The average Bonchev–Trinajstić information content (AvgIpc) is 2.65. The minimum absolute atomic E-state index is 0.0622. The molecule has 0 radical (unpaired) electrons. The molecule has 0 unspecified atom stereocenters. The maximum Gasteiger partial charge on any atom is 0.253 e. The fourth-order valence-electron chi connectivity index (χ4n) is 2.09. The molecule has 2 N–H and O–H groups in total. The van der Waals surface area contributed by atoms with Gasteiger partial charge in [-0.05, 0) is 44.5 Å². The zero-order chi connectivity index (χ0) is 15.0. The highest BCUT2D eigenvalue weighted by molar-refractivity contribution is 5.95. The molecule has 0 aliphatic carbocycles. The van der Waals surface area contributed by atoms with Gasteiger partial charge in [-0.3, -0.25) is 4.79 Å². The normalized spacial score (nSPS) is 10.7. The Morgan fingerprint density at radius 3 is 2.35 bits per heavy atom. The number of rotatable bonds is 2. The number of hydrogen-bond acceptors (Lipinski definition) is 3. The molecule has 0 aliphatic heterocycles. The molecule has 106 valence electrons. The second kappa shape index (κ2) is 5.00. The predicted molar refractivity (Wildman–Crippen MR) is 80.2 cm³/mol. The number of anilines is 1. The first-order chi connectivity index (χ1) is 9.32. The Labute approximate surface area is 119 Å². The molecule has 0 atom stereocenters. The van der Waals surface area contributed by atoms with E-state index >= 15 is 0 Å². The van der Waals surface area contributed by atoms with Crippen LogP contribution in [0.4, 0.5) is 5.69 Å². The zero-order valence-electron chi connectivity index (χ0n) is 12.6. The number of hydrogen-bond donors (Lipinski definition) is 1. The summed E-state index contributed by atoms with van der Waals surface area (Å²) in [5.74, 6) is -0.0622. The van der Waals surface area contributed by atoms with Crippen LogP contribution in [0.5, 0.6) is 0 Å². The van der Waals surface area contributed by atoms with Crippen molar-refractivity contribution in [2.45, 2.75) is 20.8 Å². The molecule has 0 saturated carbocycles. The molecule has 0 bridgehead atoms. The molecule has 5 heteroatoms. The van der Waals surface area contributed by atoms with Crippen LogP contribution in [0.3, 0.4) is 0 Å². The Balaban J connectivity index is 2.50. The molecule has 2 rings (SSSR count). The van der Waals surface area contributed by atoms with Gasteiger partial charge in [0.15, 0.2) is 0 Å². The SMILES string of the molecule is Cc1nn(-c2ccc(C(=O)N(C)C)cc2N)c(C)c1C. The van der Waals surface area contributed by atoms with E-state index < -0.39 is 0 Å². The number of aryl methyl sites for hydroxylation is 1. The number of aromatic nitrogens is 2. The number of benzene rings is 1. The molecular weight excluding hydrogens is 252 g/mol. The molecule has 0 fully saturated rings. The van der Waals surface area contributed by atoms with Crippen molar-refractivity contribution in [3.63, 3.8) is 0 Å². The van der Waals surface area contributed by atoms with E-state index in [4.69, 9.17) is 5.73 Å². The van der Waals surface area contributed by atoms with E-state index in [9.17, 15) is 4.79 Å². The van der Waals surface area contributed by atoms with Gasteiger partial charge >= 0.3 is 0 Å². The third kappa shape index (κ3) is 2.27.